The fourth-order valence-electron chi connectivity index (χ4n) is 1.51. The number of benzene rings is 1. The van der Waals surface area contributed by atoms with Crippen LogP contribution in [0.4, 0.5) is 11.5 Å². The molecule has 0 atom stereocenters. The molecule has 0 amide bonds. The van der Waals surface area contributed by atoms with Gasteiger partial charge in [0.15, 0.2) is 0 Å². The van der Waals surface area contributed by atoms with Crippen LogP contribution in [0.25, 0.3) is 0 Å². The second-order valence-electron chi connectivity index (χ2n) is 3.85. The Bertz CT molecular complexity index is 599. The molecule has 0 aliphatic rings. The molecule has 1 aromatic carbocycles. The summed E-state index contributed by atoms with van der Waals surface area (Å²) < 4.78 is 0. The average Bonchev–Trinajstić information content (AvgIpc) is 2.34. The van der Waals surface area contributed by atoms with Crippen molar-refractivity contribution in [3.05, 3.63) is 52.7 Å². The van der Waals surface area contributed by atoms with Gasteiger partial charge in [-0.05, 0) is 36.8 Å². The quantitative estimate of drug-likeness (QED) is 0.844. The lowest BCUT2D eigenvalue weighted by Crippen LogP contribution is -2.12. The minimum Gasteiger partial charge on any atom is -0.389 e. The standard InChI is InChI=1S/C13H12ClN3S/c1-8-4-5-9(7-11(8)14)17-13-10(12(15)18)3-2-6-16-13/h2-7H,1H3,(H2,15,18)(H,16,17). The van der Waals surface area contributed by atoms with Gasteiger partial charge in [0, 0.05) is 16.9 Å². The molecule has 18 heavy (non-hydrogen) atoms. The Morgan fingerprint density at radius 2 is 2.17 bits per heavy atom. The molecule has 0 radical (unpaired) electrons. The van der Waals surface area contributed by atoms with Crippen LogP contribution in [0.3, 0.4) is 0 Å². The molecule has 0 aliphatic carbocycles. The van der Waals surface area contributed by atoms with Crippen molar-refractivity contribution in [1.29, 1.82) is 0 Å². The zero-order valence-corrected chi connectivity index (χ0v) is 11.3. The lowest BCUT2D eigenvalue weighted by atomic mass is 10.2. The molecule has 0 unspecified atom stereocenters. The highest BCUT2D eigenvalue weighted by molar-refractivity contribution is 7.80. The van der Waals surface area contributed by atoms with E-state index in [9.17, 15) is 0 Å². The lowest BCUT2D eigenvalue weighted by molar-refractivity contribution is 1.29. The van der Waals surface area contributed by atoms with Crippen molar-refractivity contribution in [2.45, 2.75) is 6.92 Å². The van der Waals surface area contributed by atoms with Gasteiger partial charge in [-0.3, -0.25) is 0 Å². The highest BCUT2D eigenvalue weighted by Gasteiger charge is 2.06. The maximum Gasteiger partial charge on any atom is 0.140 e. The highest BCUT2D eigenvalue weighted by Crippen LogP contribution is 2.23. The van der Waals surface area contributed by atoms with Crippen LogP contribution in [0, 0.1) is 6.92 Å². The van der Waals surface area contributed by atoms with E-state index in [4.69, 9.17) is 29.6 Å². The van der Waals surface area contributed by atoms with Gasteiger partial charge in [-0.1, -0.05) is 29.9 Å². The van der Waals surface area contributed by atoms with Gasteiger partial charge in [0.2, 0.25) is 0 Å². The number of nitrogens with zero attached hydrogens (tertiary/aromatic N) is 1. The first-order chi connectivity index (χ1) is 8.58. The smallest absolute Gasteiger partial charge is 0.140 e. The summed E-state index contributed by atoms with van der Waals surface area (Å²) in [5.74, 6) is 0.630. The van der Waals surface area contributed by atoms with Crippen molar-refractivity contribution < 1.29 is 0 Å². The molecule has 0 saturated carbocycles. The molecular formula is C13H12ClN3S. The molecule has 3 nitrogen and oxygen atoms in total. The Kier molecular flexibility index (Phi) is 3.79. The number of aryl methyl sites for hydroxylation is 1. The summed E-state index contributed by atoms with van der Waals surface area (Å²) in [5.41, 5.74) is 8.23. The maximum atomic E-state index is 6.07. The zero-order chi connectivity index (χ0) is 13.1. The van der Waals surface area contributed by atoms with E-state index in [1.54, 1.807) is 12.3 Å². The largest absolute Gasteiger partial charge is 0.389 e. The maximum absolute atomic E-state index is 6.07. The van der Waals surface area contributed by atoms with E-state index in [-0.39, 0.29) is 0 Å². The molecule has 0 fully saturated rings. The topological polar surface area (TPSA) is 50.9 Å². The summed E-state index contributed by atoms with van der Waals surface area (Å²) in [7, 11) is 0. The van der Waals surface area contributed by atoms with E-state index in [1.807, 2.05) is 31.2 Å². The van der Waals surface area contributed by atoms with Crippen molar-refractivity contribution in [2.24, 2.45) is 5.73 Å². The van der Waals surface area contributed by atoms with Crippen molar-refractivity contribution in [1.82, 2.24) is 4.98 Å². The minimum absolute atomic E-state index is 0.309. The lowest BCUT2D eigenvalue weighted by Gasteiger charge is -2.10. The number of hydrogen-bond acceptors (Lipinski definition) is 3. The number of nitrogens with two attached hydrogens (primary N) is 1. The molecule has 0 bridgehead atoms. The van der Waals surface area contributed by atoms with E-state index in [0.717, 1.165) is 11.3 Å². The van der Waals surface area contributed by atoms with Crippen LogP contribution in [-0.4, -0.2) is 9.97 Å². The van der Waals surface area contributed by atoms with Crippen LogP contribution >= 0.6 is 23.8 Å². The Labute approximate surface area is 116 Å². The first-order valence-electron chi connectivity index (χ1n) is 5.36. The highest BCUT2D eigenvalue weighted by atomic mass is 35.5. The van der Waals surface area contributed by atoms with E-state index in [1.165, 1.54) is 0 Å². The molecule has 2 rings (SSSR count). The molecule has 0 aliphatic heterocycles. The van der Waals surface area contributed by atoms with Crippen LogP contribution in [0.5, 0.6) is 0 Å². The van der Waals surface area contributed by atoms with E-state index < -0.39 is 0 Å². The Morgan fingerprint density at radius 1 is 1.39 bits per heavy atom. The van der Waals surface area contributed by atoms with Crippen LogP contribution in [-0.2, 0) is 0 Å². The van der Waals surface area contributed by atoms with Gasteiger partial charge in [-0.2, -0.15) is 0 Å². The summed E-state index contributed by atoms with van der Waals surface area (Å²) in [6, 6.07) is 9.33. The summed E-state index contributed by atoms with van der Waals surface area (Å²) in [4.78, 5) is 4.53. The fourth-order valence-corrected chi connectivity index (χ4v) is 1.86. The van der Waals surface area contributed by atoms with Gasteiger partial charge >= 0.3 is 0 Å². The van der Waals surface area contributed by atoms with Crippen molar-refractivity contribution in [3.63, 3.8) is 0 Å². The normalized spacial score (nSPS) is 10.1. The zero-order valence-electron chi connectivity index (χ0n) is 9.77. The number of thiocarbonyl (C=S) groups is 1. The SMILES string of the molecule is Cc1ccc(Nc2ncccc2C(N)=S)cc1Cl. The van der Waals surface area contributed by atoms with Gasteiger partial charge in [0.05, 0.1) is 5.56 Å². The van der Waals surface area contributed by atoms with Gasteiger partial charge in [0.25, 0.3) is 0 Å². The van der Waals surface area contributed by atoms with Crippen molar-refractivity contribution in [3.8, 4) is 0 Å². The first kappa shape index (κ1) is 12.8. The van der Waals surface area contributed by atoms with Crippen molar-refractivity contribution >= 4 is 40.3 Å². The molecule has 5 heteroatoms. The van der Waals surface area contributed by atoms with Crippen LogP contribution < -0.4 is 11.1 Å². The number of pyridine rings is 1. The molecule has 1 heterocycles. The molecule has 2 aromatic rings. The Hall–Kier alpha value is -1.65. The summed E-state index contributed by atoms with van der Waals surface area (Å²) in [6.45, 7) is 1.95. The van der Waals surface area contributed by atoms with Gasteiger partial charge in [-0.25, -0.2) is 4.98 Å². The van der Waals surface area contributed by atoms with Gasteiger partial charge < -0.3 is 11.1 Å². The second kappa shape index (κ2) is 5.33. The Balaban J connectivity index is 2.34. The summed E-state index contributed by atoms with van der Waals surface area (Å²) >= 11 is 11.1. The minimum atomic E-state index is 0.309. The first-order valence-corrected chi connectivity index (χ1v) is 6.14. The predicted octanol–water partition coefficient (Wildman–Crippen LogP) is 3.42. The van der Waals surface area contributed by atoms with Crippen LogP contribution in [0.2, 0.25) is 5.02 Å². The number of rotatable bonds is 3. The average molecular weight is 278 g/mol. The second-order valence-corrected chi connectivity index (χ2v) is 4.70. The summed E-state index contributed by atoms with van der Waals surface area (Å²) in [6.07, 6.45) is 1.68. The third-order valence-corrected chi connectivity index (χ3v) is 3.13. The molecule has 1 aromatic heterocycles. The molecule has 3 N–H and O–H groups in total. The van der Waals surface area contributed by atoms with E-state index >= 15 is 0 Å². The monoisotopic (exact) mass is 277 g/mol. The third-order valence-electron chi connectivity index (χ3n) is 2.51. The van der Waals surface area contributed by atoms with Crippen molar-refractivity contribution in [2.75, 3.05) is 5.32 Å². The number of aromatic nitrogens is 1. The van der Waals surface area contributed by atoms with Gasteiger partial charge in [-0.15, -0.1) is 0 Å². The number of anilines is 2. The van der Waals surface area contributed by atoms with E-state index in [0.29, 0.717) is 21.4 Å². The number of halogens is 1. The molecule has 0 saturated heterocycles. The van der Waals surface area contributed by atoms with E-state index in [2.05, 4.69) is 10.3 Å². The third kappa shape index (κ3) is 2.78. The number of hydrogen-bond donors (Lipinski definition) is 2. The molecule has 92 valence electrons. The molecule has 0 spiro atoms. The van der Waals surface area contributed by atoms with Crippen LogP contribution in [0.15, 0.2) is 36.5 Å². The fraction of sp³-hybridized carbons (Fsp3) is 0.0769. The summed E-state index contributed by atoms with van der Waals surface area (Å²) in [5, 5.41) is 3.86. The number of nitrogens with one attached hydrogen (secondary N) is 1. The predicted molar refractivity (Wildman–Crippen MR) is 79.6 cm³/mol. The van der Waals surface area contributed by atoms with Gasteiger partial charge in [0.1, 0.15) is 10.8 Å². The Morgan fingerprint density at radius 3 is 2.83 bits per heavy atom. The van der Waals surface area contributed by atoms with Crippen LogP contribution in [0.1, 0.15) is 11.1 Å². The molecular weight excluding hydrogens is 266 g/mol.